The van der Waals surface area contributed by atoms with Gasteiger partial charge in [-0.1, -0.05) is 0 Å². The van der Waals surface area contributed by atoms with Crippen molar-refractivity contribution in [1.29, 1.82) is 0 Å². The van der Waals surface area contributed by atoms with Gasteiger partial charge in [-0.3, -0.25) is 9.59 Å². The zero-order valence-electron chi connectivity index (χ0n) is 13.4. The van der Waals surface area contributed by atoms with Crippen molar-refractivity contribution in [1.82, 2.24) is 9.21 Å². The Bertz CT molecular complexity index is 755. The van der Waals surface area contributed by atoms with Gasteiger partial charge in [-0.25, -0.2) is 17.1 Å². The van der Waals surface area contributed by atoms with Crippen molar-refractivity contribution in [3.8, 4) is 0 Å². The fraction of sp³-hybridized carbons (Fsp3) is 0.467. The van der Waals surface area contributed by atoms with Crippen LogP contribution < -0.4 is 0 Å². The minimum absolute atomic E-state index is 0.169. The number of hydrogen-bond donors (Lipinski definition) is 1. The van der Waals surface area contributed by atoms with Gasteiger partial charge < -0.3 is 10.0 Å². The molecule has 0 saturated carbocycles. The van der Waals surface area contributed by atoms with Crippen LogP contribution in [-0.4, -0.2) is 61.8 Å². The molecule has 7 nitrogen and oxygen atoms in total. The van der Waals surface area contributed by atoms with E-state index in [1.54, 1.807) is 0 Å². The van der Waals surface area contributed by atoms with E-state index in [0.717, 1.165) is 22.5 Å². The number of aliphatic carboxylic acids is 1. The molecule has 0 atom stereocenters. The molecule has 1 aliphatic heterocycles. The first-order chi connectivity index (χ1) is 11.1. The van der Waals surface area contributed by atoms with Crippen LogP contribution in [0.2, 0.25) is 0 Å². The molecule has 1 saturated heterocycles. The molecule has 9 heteroatoms. The Morgan fingerprint density at radius 1 is 1.25 bits per heavy atom. The van der Waals surface area contributed by atoms with Gasteiger partial charge in [0.2, 0.25) is 10.0 Å². The van der Waals surface area contributed by atoms with E-state index in [1.165, 1.54) is 19.0 Å². The van der Waals surface area contributed by atoms with E-state index < -0.39 is 33.6 Å². The number of sulfonamides is 1. The maximum Gasteiger partial charge on any atom is 0.306 e. The van der Waals surface area contributed by atoms with Crippen LogP contribution >= 0.6 is 0 Å². The summed E-state index contributed by atoms with van der Waals surface area (Å²) in [6, 6.07) is 3.09. The topological polar surface area (TPSA) is 95.0 Å². The number of carboxylic acid groups (broad SMARTS) is 1. The van der Waals surface area contributed by atoms with E-state index >= 15 is 0 Å². The number of hydrogen-bond acceptors (Lipinski definition) is 4. The third kappa shape index (κ3) is 3.57. The van der Waals surface area contributed by atoms with E-state index in [9.17, 15) is 22.4 Å². The van der Waals surface area contributed by atoms with E-state index in [0.29, 0.717) is 12.8 Å². The number of halogens is 1. The molecule has 0 bridgehead atoms. The van der Waals surface area contributed by atoms with Gasteiger partial charge in [-0.2, -0.15) is 0 Å². The summed E-state index contributed by atoms with van der Waals surface area (Å²) in [5, 5.41) is 8.97. The molecule has 2 rings (SSSR count). The summed E-state index contributed by atoms with van der Waals surface area (Å²) < 4.78 is 39.2. The predicted octanol–water partition coefficient (Wildman–Crippen LogP) is 1.01. The van der Waals surface area contributed by atoms with Crippen LogP contribution in [0.4, 0.5) is 4.39 Å². The molecule has 0 aromatic heterocycles. The zero-order valence-corrected chi connectivity index (χ0v) is 14.2. The minimum atomic E-state index is -3.78. The summed E-state index contributed by atoms with van der Waals surface area (Å²) in [5.41, 5.74) is -0.327. The number of amides is 1. The maximum absolute atomic E-state index is 14.0. The molecule has 1 aromatic carbocycles. The Morgan fingerprint density at radius 2 is 1.83 bits per heavy atom. The fourth-order valence-electron chi connectivity index (χ4n) is 2.54. The molecule has 132 valence electrons. The monoisotopic (exact) mass is 358 g/mol. The molecular weight excluding hydrogens is 339 g/mol. The molecule has 1 N–H and O–H groups in total. The Labute approximate surface area is 139 Å². The van der Waals surface area contributed by atoms with Crippen molar-refractivity contribution in [3.63, 3.8) is 0 Å². The van der Waals surface area contributed by atoms with Crippen LogP contribution in [0, 0.1) is 11.7 Å². The van der Waals surface area contributed by atoms with Crippen molar-refractivity contribution >= 4 is 21.9 Å². The third-order valence-corrected chi connectivity index (χ3v) is 5.89. The molecule has 1 aliphatic rings. The first kappa shape index (κ1) is 18.3. The molecule has 1 heterocycles. The SMILES string of the molecule is CN(C)S(=O)(=O)c1ccc(F)c(C(=O)N2CCC(C(=O)O)CC2)c1. The molecular formula is C15H19FN2O5S. The minimum Gasteiger partial charge on any atom is -0.481 e. The van der Waals surface area contributed by atoms with Crippen LogP contribution in [0.15, 0.2) is 23.1 Å². The number of rotatable bonds is 4. The fourth-order valence-corrected chi connectivity index (χ4v) is 3.47. The second-order valence-electron chi connectivity index (χ2n) is 5.83. The van der Waals surface area contributed by atoms with Gasteiger partial charge in [0.1, 0.15) is 5.82 Å². The average molecular weight is 358 g/mol. The second-order valence-corrected chi connectivity index (χ2v) is 7.99. The summed E-state index contributed by atoms with van der Waals surface area (Å²) in [4.78, 5) is 24.6. The summed E-state index contributed by atoms with van der Waals surface area (Å²) in [6.07, 6.45) is 0.580. The Kier molecular flexibility index (Phi) is 5.24. The van der Waals surface area contributed by atoms with Crippen LogP contribution in [0.3, 0.4) is 0 Å². The van der Waals surface area contributed by atoms with Crippen molar-refractivity contribution in [2.45, 2.75) is 17.7 Å². The molecule has 1 aromatic rings. The second kappa shape index (κ2) is 6.86. The summed E-state index contributed by atoms with van der Waals surface area (Å²) >= 11 is 0. The lowest BCUT2D eigenvalue weighted by atomic mass is 9.96. The summed E-state index contributed by atoms with van der Waals surface area (Å²) in [6.45, 7) is 0.389. The van der Waals surface area contributed by atoms with E-state index in [2.05, 4.69) is 0 Å². The molecule has 1 fully saturated rings. The zero-order chi connectivity index (χ0) is 18.1. The highest BCUT2D eigenvalue weighted by Crippen LogP contribution is 2.22. The van der Waals surface area contributed by atoms with Crippen LogP contribution in [-0.2, 0) is 14.8 Å². The smallest absolute Gasteiger partial charge is 0.306 e. The standard InChI is InChI=1S/C15H19FN2O5S/c1-17(2)24(22,23)11-3-4-13(16)12(9-11)14(19)18-7-5-10(6-8-18)15(20)21/h3-4,9-10H,5-8H2,1-2H3,(H,20,21). The number of likely N-dealkylation sites (tertiary alicyclic amines) is 1. The Hall–Kier alpha value is -2.00. The van der Waals surface area contributed by atoms with Gasteiger partial charge >= 0.3 is 5.97 Å². The van der Waals surface area contributed by atoms with E-state index in [1.807, 2.05) is 0 Å². The third-order valence-electron chi connectivity index (χ3n) is 4.08. The van der Waals surface area contributed by atoms with Crippen molar-refractivity contribution in [3.05, 3.63) is 29.6 Å². The highest BCUT2D eigenvalue weighted by atomic mass is 32.2. The number of nitrogens with zero attached hydrogens (tertiary/aromatic N) is 2. The molecule has 0 aliphatic carbocycles. The molecule has 1 amide bonds. The maximum atomic E-state index is 14.0. The highest BCUT2D eigenvalue weighted by Gasteiger charge is 2.29. The quantitative estimate of drug-likeness (QED) is 0.867. The normalized spacial score (nSPS) is 16.4. The number of piperidine rings is 1. The van der Waals surface area contributed by atoms with Gasteiger partial charge in [0.05, 0.1) is 16.4 Å². The Morgan fingerprint density at radius 3 is 2.33 bits per heavy atom. The summed E-state index contributed by atoms with van der Waals surface area (Å²) in [7, 11) is -1.09. The lowest BCUT2D eigenvalue weighted by Crippen LogP contribution is -2.40. The van der Waals surface area contributed by atoms with E-state index in [4.69, 9.17) is 5.11 Å². The van der Waals surface area contributed by atoms with Crippen LogP contribution in [0.1, 0.15) is 23.2 Å². The number of carboxylic acids is 1. The van der Waals surface area contributed by atoms with Crippen LogP contribution in [0.5, 0.6) is 0 Å². The van der Waals surface area contributed by atoms with Gasteiger partial charge in [0.25, 0.3) is 5.91 Å². The lowest BCUT2D eigenvalue weighted by molar-refractivity contribution is -0.143. The van der Waals surface area contributed by atoms with Crippen molar-refractivity contribution < 1.29 is 27.5 Å². The molecule has 24 heavy (non-hydrogen) atoms. The van der Waals surface area contributed by atoms with Crippen molar-refractivity contribution in [2.75, 3.05) is 27.2 Å². The van der Waals surface area contributed by atoms with Gasteiger partial charge in [0, 0.05) is 27.2 Å². The average Bonchev–Trinajstić information content (AvgIpc) is 2.54. The molecule has 0 radical (unpaired) electrons. The highest BCUT2D eigenvalue weighted by molar-refractivity contribution is 7.89. The van der Waals surface area contributed by atoms with Crippen molar-refractivity contribution in [2.24, 2.45) is 5.92 Å². The summed E-state index contributed by atoms with van der Waals surface area (Å²) in [5.74, 6) is -2.86. The van der Waals surface area contributed by atoms with E-state index in [-0.39, 0.29) is 23.5 Å². The lowest BCUT2D eigenvalue weighted by Gasteiger charge is -2.30. The first-order valence-corrected chi connectivity index (χ1v) is 8.82. The van der Waals surface area contributed by atoms with Crippen LogP contribution in [0.25, 0.3) is 0 Å². The van der Waals surface area contributed by atoms with Gasteiger partial charge in [0.15, 0.2) is 0 Å². The number of benzene rings is 1. The van der Waals surface area contributed by atoms with Gasteiger partial charge in [-0.15, -0.1) is 0 Å². The number of carbonyl (C=O) groups is 2. The van der Waals surface area contributed by atoms with Gasteiger partial charge in [-0.05, 0) is 31.0 Å². The first-order valence-electron chi connectivity index (χ1n) is 7.38. The largest absolute Gasteiger partial charge is 0.481 e. The Balaban J connectivity index is 2.26. The predicted molar refractivity (Wildman–Crippen MR) is 83.5 cm³/mol. The number of carbonyl (C=O) groups excluding carboxylic acids is 1. The molecule has 0 unspecified atom stereocenters. The molecule has 0 spiro atoms.